The predicted octanol–water partition coefficient (Wildman–Crippen LogP) is 3.35. The fraction of sp³-hybridized carbons (Fsp3) is 0.733. The van der Waals surface area contributed by atoms with Crippen molar-refractivity contribution in [2.75, 3.05) is 13.1 Å². The molecule has 4 heteroatoms. The maximum atomic E-state index is 12.5. The van der Waals surface area contributed by atoms with E-state index in [1.165, 1.54) is 24.3 Å². The van der Waals surface area contributed by atoms with Gasteiger partial charge in [-0.3, -0.25) is 4.79 Å². The molecule has 1 atom stereocenters. The second kappa shape index (κ2) is 5.61. The van der Waals surface area contributed by atoms with Gasteiger partial charge in [0, 0.05) is 36.0 Å². The van der Waals surface area contributed by atoms with Crippen LogP contribution < -0.4 is 0 Å². The number of rotatable bonds is 2. The van der Waals surface area contributed by atoms with Crippen molar-refractivity contribution in [1.29, 1.82) is 0 Å². The number of thiazole rings is 1. The molecule has 3 nitrogen and oxygen atoms in total. The predicted molar refractivity (Wildman–Crippen MR) is 77.4 cm³/mol. The van der Waals surface area contributed by atoms with Crippen LogP contribution in [0.1, 0.15) is 55.1 Å². The zero-order valence-electron chi connectivity index (χ0n) is 11.6. The van der Waals surface area contributed by atoms with Crippen LogP contribution in [0.25, 0.3) is 0 Å². The Bertz CT molecular complexity index is 451. The standard InChI is InChI=1S/C15H22N2OS/c1-11-10-19-14(16-11)13-7-4-8-17(9-13)15(18)12-5-2-3-6-12/h10,12-13H,2-9H2,1H3/t13-/m0/s1. The number of aromatic nitrogens is 1. The normalized spacial score (nSPS) is 24.9. The lowest BCUT2D eigenvalue weighted by molar-refractivity contribution is -0.136. The third-order valence-corrected chi connectivity index (χ3v) is 5.55. The number of likely N-dealkylation sites (tertiary alicyclic amines) is 1. The van der Waals surface area contributed by atoms with Crippen LogP contribution >= 0.6 is 11.3 Å². The largest absolute Gasteiger partial charge is 0.342 e. The average Bonchev–Trinajstić information content (AvgIpc) is 3.09. The molecule has 0 aromatic carbocycles. The van der Waals surface area contributed by atoms with Crippen molar-refractivity contribution in [3.8, 4) is 0 Å². The van der Waals surface area contributed by atoms with Crippen LogP contribution in [-0.2, 0) is 4.79 Å². The van der Waals surface area contributed by atoms with E-state index >= 15 is 0 Å². The van der Waals surface area contributed by atoms with Crippen LogP contribution in [0.3, 0.4) is 0 Å². The van der Waals surface area contributed by atoms with Gasteiger partial charge in [-0.15, -0.1) is 11.3 Å². The molecule has 1 amide bonds. The van der Waals surface area contributed by atoms with Gasteiger partial charge in [0.2, 0.25) is 5.91 Å². The van der Waals surface area contributed by atoms with Gasteiger partial charge >= 0.3 is 0 Å². The van der Waals surface area contributed by atoms with E-state index in [0.717, 1.165) is 38.0 Å². The summed E-state index contributed by atoms with van der Waals surface area (Å²) in [4.78, 5) is 19.2. The van der Waals surface area contributed by atoms with Crippen LogP contribution in [0.15, 0.2) is 5.38 Å². The van der Waals surface area contributed by atoms with E-state index in [4.69, 9.17) is 0 Å². The molecule has 0 radical (unpaired) electrons. The lowest BCUT2D eigenvalue weighted by Crippen LogP contribution is -2.41. The molecule has 1 aliphatic heterocycles. The van der Waals surface area contributed by atoms with Crippen molar-refractivity contribution in [2.24, 2.45) is 5.92 Å². The average molecular weight is 278 g/mol. The number of piperidine rings is 1. The van der Waals surface area contributed by atoms with Gasteiger partial charge in [-0.2, -0.15) is 0 Å². The molecule has 0 unspecified atom stereocenters. The Balaban J connectivity index is 1.65. The van der Waals surface area contributed by atoms with Gasteiger partial charge in [-0.25, -0.2) is 4.98 Å². The third kappa shape index (κ3) is 2.83. The number of aryl methyl sites for hydroxylation is 1. The summed E-state index contributed by atoms with van der Waals surface area (Å²) in [5.41, 5.74) is 1.11. The highest BCUT2D eigenvalue weighted by atomic mass is 32.1. The van der Waals surface area contributed by atoms with Crippen LogP contribution in [0.2, 0.25) is 0 Å². The molecule has 0 bridgehead atoms. The molecular formula is C15H22N2OS. The first-order valence-corrected chi connectivity index (χ1v) is 8.33. The summed E-state index contributed by atoms with van der Waals surface area (Å²) in [6, 6.07) is 0. The molecule has 1 saturated carbocycles. The van der Waals surface area contributed by atoms with Crippen molar-refractivity contribution >= 4 is 17.2 Å². The first-order valence-electron chi connectivity index (χ1n) is 7.45. The zero-order valence-corrected chi connectivity index (χ0v) is 12.4. The summed E-state index contributed by atoms with van der Waals surface area (Å²) in [6.07, 6.45) is 6.99. The molecule has 0 N–H and O–H groups in total. The van der Waals surface area contributed by atoms with E-state index in [0.29, 0.717) is 17.7 Å². The van der Waals surface area contributed by atoms with Gasteiger partial charge in [-0.05, 0) is 32.6 Å². The van der Waals surface area contributed by atoms with E-state index in [9.17, 15) is 4.79 Å². The van der Waals surface area contributed by atoms with Gasteiger partial charge in [0.1, 0.15) is 0 Å². The van der Waals surface area contributed by atoms with E-state index in [2.05, 4.69) is 15.3 Å². The summed E-state index contributed by atoms with van der Waals surface area (Å²) in [5.74, 6) is 1.20. The molecule has 1 aromatic heterocycles. The fourth-order valence-electron chi connectivity index (χ4n) is 3.37. The Morgan fingerprint density at radius 2 is 2.11 bits per heavy atom. The first kappa shape index (κ1) is 13.1. The lowest BCUT2D eigenvalue weighted by Gasteiger charge is -2.33. The van der Waals surface area contributed by atoms with E-state index < -0.39 is 0 Å². The monoisotopic (exact) mass is 278 g/mol. The fourth-order valence-corrected chi connectivity index (χ4v) is 4.30. The summed E-state index contributed by atoms with van der Waals surface area (Å²) < 4.78 is 0. The molecule has 104 valence electrons. The van der Waals surface area contributed by atoms with Gasteiger partial charge in [0.05, 0.1) is 5.01 Å². The van der Waals surface area contributed by atoms with Crippen LogP contribution in [0.4, 0.5) is 0 Å². The third-order valence-electron chi connectivity index (χ3n) is 4.42. The zero-order chi connectivity index (χ0) is 13.2. The number of carbonyl (C=O) groups is 1. The molecule has 2 fully saturated rings. The van der Waals surface area contributed by atoms with Crippen molar-refractivity contribution in [1.82, 2.24) is 9.88 Å². The molecule has 2 aliphatic rings. The van der Waals surface area contributed by atoms with Crippen molar-refractivity contribution < 1.29 is 4.79 Å². The van der Waals surface area contributed by atoms with E-state index in [-0.39, 0.29) is 0 Å². The Morgan fingerprint density at radius 1 is 1.32 bits per heavy atom. The molecule has 3 rings (SSSR count). The smallest absolute Gasteiger partial charge is 0.225 e. The number of nitrogens with zero attached hydrogens (tertiary/aromatic N) is 2. The Hall–Kier alpha value is -0.900. The molecule has 0 spiro atoms. The molecule has 2 heterocycles. The second-order valence-electron chi connectivity index (χ2n) is 5.93. The van der Waals surface area contributed by atoms with Crippen molar-refractivity contribution in [3.05, 3.63) is 16.1 Å². The van der Waals surface area contributed by atoms with E-state index in [1.807, 2.05) is 6.92 Å². The quantitative estimate of drug-likeness (QED) is 0.831. The van der Waals surface area contributed by atoms with Gasteiger partial charge in [-0.1, -0.05) is 12.8 Å². The van der Waals surface area contributed by atoms with Gasteiger partial charge in [0.15, 0.2) is 0 Å². The highest BCUT2D eigenvalue weighted by Crippen LogP contribution is 2.32. The maximum Gasteiger partial charge on any atom is 0.225 e. The minimum atomic E-state index is 0.316. The summed E-state index contributed by atoms with van der Waals surface area (Å²) in [7, 11) is 0. The molecule has 1 aromatic rings. The van der Waals surface area contributed by atoms with Gasteiger partial charge in [0.25, 0.3) is 0 Å². The van der Waals surface area contributed by atoms with Crippen molar-refractivity contribution in [2.45, 2.75) is 51.4 Å². The highest BCUT2D eigenvalue weighted by Gasteiger charge is 2.31. The summed E-state index contributed by atoms with van der Waals surface area (Å²) in [5, 5.41) is 3.34. The Kier molecular flexibility index (Phi) is 3.87. The molecule has 19 heavy (non-hydrogen) atoms. The highest BCUT2D eigenvalue weighted by molar-refractivity contribution is 7.09. The molecular weight excluding hydrogens is 256 g/mol. The first-order chi connectivity index (χ1) is 9.24. The Labute approximate surface area is 119 Å². The number of hydrogen-bond donors (Lipinski definition) is 0. The summed E-state index contributed by atoms with van der Waals surface area (Å²) in [6.45, 7) is 3.89. The SMILES string of the molecule is Cc1csc([C@H]2CCCN(C(=O)C3CCCC3)C2)n1. The molecule has 1 saturated heterocycles. The van der Waals surface area contributed by atoms with Crippen molar-refractivity contribution in [3.63, 3.8) is 0 Å². The minimum Gasteiger partial charge on any atom is -0.342 e. The van der Waals surface area contributed by atoms with Gasteiger partial charge < -0.3 is 4.90 Å². The topological polar surface area (TPSA) is 33.2 Å². The molecule has 1 aliphatic carbocycles. The van der Waals surface area contributed by atoms with Crippen LogP contribution in [0.5, 0.6) is 0 Å². The minimum absolute atomic E-state index is 0.316. The van der Waals surface area contributed by atoms with E-state index in [1.54, 1.807) is 11.3 Å². The second-order valence-corrected chi connectivity index (χ2v) is 6.82. The van der Waals surface area contributed by atoms with Crippen LogP contribution in [-0.4, -0.2) is 28.9 Å². The maximum absolute atomic E-state index is 12.5. The van der Waals surface area contributed by atoms with Crippen LogP contribution in [0, 0.1) is 12.8 Å². The Morgan fingerprint density at radius 3 is 2.79 bits per heavy atom. The number of hydrogen-bond acceptors (Lipinski definition) is 3. The lowest BCUT2D eigenvalue weighted by atomic mass is 9.96. The number of carbonyl (C=O) groups excluding carboxylic acids is 1. The summed E-state index contributed by atoms with van der Waals surface area (Å²) >= 11 is 1.75. The number of amides is 1.